The summed E-state index contributed by atoms with van der Waals surface area (Å²) in [5.41, 5.74) is 0. The van der Waals surface area contributed by atoms with Crippen LogP contribution in [0, 0.1) is 0 Å². The zero-order valence-corrected chi connectivity index (χ0v) is 4.30. The molecule has 0 aliphatic carbocycles. The number of nitrogens with zero attached hydrogens (tertiary/aromatic N) is 3. The predicted octanol–water partition coefficient (Wildman–Crippen LogP) is 0.514. The van der Waals surface area contributed by atoms with Crippen LogP contribution in [0.25, 0.3) is 0 Å². The molecule has 0 aromatic heterocycles. The van der Waals surface area contributed by atoms with E-state index in [4.69, 9.17) is 5.84 Å². The SMILES string of the molecule is NN=S1C=CN=N1. The fraction of sp³-hybridized carbons (Fsp3) is 0. The van der Waals surface area contributed by atoms with E-state index in [0.717, 1.165) is 0 Å². The van der Waals surface area contributed by atoms with Crippen molar-refractivity contribution in [2.45, 2.75) is 0 Å². The third-order valence-corrected chi connectivity index (χ3v) is 1.33. The van der Waals surface area contributed by atoms with E-state index in [9.17, 15) is 0 Å². The first-order valence-corrected chi connectivity index (χ1v) is 2.85. The van der Waals surface area contributed by atoms with Crippen LogP contribution in [0.15, 0.2) is 25.7 Å². The lowest BCUT2D eigenvalue weighted by Gasteiger charge is -1.75. The van der Waals surface area contributed by atoms with E-state index in [1.54, 1.807) is 11.6 Å². The predicted molar refractivity (Wildman–Crippen MR) is 28.0 cm³/mol. The van der Waals surface area contributed by atoms with Crippen molar-refractivity contribution >= 4 is 10.9 Å². The fourth-order valence-corrected chi connectivity index (χ4v) is 0.722. The standard InChI is InChI=1S/C2H4N4S/c3-5-7-2-1-4-6-7/h1-2H,3H2. The van der Waals surface area contributed by atoms with E-state index >= 15 is 0 Å². The maximum absolute atomic E-state index is 4.87. The molecule has 1 aliphatic rings. The van der Waals surface area contributed by atoms with Crippen LogP contribution >= 0.6 is 0 Å². The highest BCUT2D eigenvalue weighted by Gasteiger charge is 1.88. The molecule has 0 bridgehead atoms. The summed E-state index contributed by atoms with van der Waals surface area (Å²) in [4.78, 5) is 0. The van der Waals surface area contributed by atoms with Gasteiger partial charge in [-0.2, -0.15) is 4.47 Å². The molecule has 1 unspecified atom stereocenters. The van der Waals surface area contributed by atoms with E-state index < -0.39 is 10.9 Å². The van der Waals surface area contributed by atoms with Crippen LogP contribution in [-0.2, 0) is 10.9 Å². The molecule has 1 aliphatic heterocycles. The Balaban J connectivity index is 2.79. The van der Waals surface area contributed by atoms with Crippen molar-refractivity contribution in [3.8, 4) is 0 Å². The summed E-state index contributed by atoms with van der Waals surface area (Å²) in [7, 11) is -0.454. The van der Waals surface area contributed by atoms with Crippen LogP contribution in [0.4, 0.5) is 0 Å². The van der Waals surface area contributed by atoms with Crippen LogP contribution in [0.1, 0.15) is 0 Å². The molecule has 0 radical (unpaired) electrons. The maximum Gasteiger partial charge on any atom is 0.0819 e. The van der Waals surface area contributed by atoms with E-state index in [0.29, 0.717) is 0 Å². The molecule has 0 spiro atoms. The van der Waals surface area contributed by atoms with Gasteiger partial charge in [-0.3, -0.25) is 0 Å². The van der Waals surface area contributed by atoms with Crippen molar-refractivity contribution < 1.29 is 0 Å². The number of nitrogens with two attached hydrogens (primary N) is 1. The molecule has 0 saturated carbocycles. The topological polar surface area (TPSA) is 63.1 Å². The number of hydrogen-bond acceptors (Lipinski definition) is 2. The minimum atomic E-state index is -0.454. The van der Waals surface area contributed by atoms with E-state index in [2.05, 4.69) is 14.1 Å². The van der Waals surface area contributed by atoms with Gasteiger partial charge in [0.15, 0.2) is 0 Å². The van der Waals surface area contributed by atoms with Crippen molar-refractivity contribution in [3.05, 3.63) is 11.6 Å². The average molecular weight is 116 g/mol. The van der Waals surface area contributed by atoms with Gasteiger partial charge in [-0.05, 0) is 0 Å². The van der Waals surface area contributed by atoms with Crippen molar-refractivity contribution in [2.24, 2.45) is 19.9 Å². The Kier molecular flexibility index (Phi) is 1.28. The van der Waals surface area contributed by atoms with Crippen molar-refractivity contribution in [1.29, 1.82) is 0 Å². The quantitative estimate of drug-likeness (QED) is 0.364. The van der Waals surface area contributed by atoms with Gasteiger partial charge in [-0.25, -0.2) is 5.84 Å². The van der Waals surface area contributed by atoms with Crippen LogP contribution in [-0.4, -0.2) is 0 Å². The summed E-state index contributed by atoms with van der Waals surface area (Å²) in [6.45, 7) is 0. The molecule has 1 heterocycles. The van der Waals surface area contributed by atoms with Gasteiger partial charge in [0.05, 0.1) is 17.1 Å². The molecule has 0 aromatic carbocycles. The maximum atomic E-state index is 4.87. The molecule has 0 saturated heterocycles. The van der Waals surface area contributed by atoms with Gasteiger partial charge in [0, 0.05) is 5.41 Å². The van der Waals surface area contributed by atoms with Crippen LogP contribution < -0.4 is 5.84 Å². The fourth-order valence-electron chi connectivity index (χ4n) is 0.241. The minimum absolute atomic E-state index is 0.454. The Morgan fingerprint density at radius 3 is 2.86 bits per heavy atom. The molecule has 1 rings (SSSR count). The van der Waals surface area contributed by atoms with Crippen LogP contribution in [0.5, 0.6) is 0 Å². The molecule has 7 heavy (non-hydrogen) atoms. The van der Waals surface area contributed by atoms with E-state index in [1.165, 1.54) is 0 Å². The lowest BCUT2D eigenvalue weighted by molar-refractivity contribution is 1.28. The van der Waals surface area contributed by atoms with Gasteiger partial charge in [-0.1, -0.05) is 4.52 Å². The summed E-state index contributed by atoms with van der Waals surface area (Å²) >= 11 is 0. The van der Waals surface area contributed by atoms with Crippen molar-refractivity contribution in [1.82, 2.24) is 0 Å². The third kappa shape index (κ3) is 0.908. The number of rotatable bonds is 0. The first-order chi connectivity index (χ1) is 3.43. The van der Waals surface area contributed by atoms with Crippen molar-refractivity contribution in [3.63, 3.8) is 0 Å². The molecule has 1 atom stereocenters. The summed E-state index contributed by atoms with van der Waals surface area (Å²) < 4.78 is 6.97. The van der Waals surface area contributed by atoms with Crippen molar-refractivity contribution in [2.75, 3.05) is 0 Å². The van der Waals surface area contributed by atoms with Gasteiger partial charge >= 0.3 is 0 Å². The molecule has 5 heteroatoms. The highest BCUT2D eigenvalue weighted by atomic mass is 32.2. The van der Waals surface area contributed by atoms with Gasteiger partial charge in [0.25, 0.3) is 0 Å². The second-order valence-electron chi connectivity index (χ2n) is 0.880. The molecule has 2 N–H and O–H groups in total. The van der Waals surface area contributed by atoms with Gasteiger partial charge in [0.2, 0.25) is 0 Å². The largest absolute Gasteiger partial charge is 0.219 e. The Bertz CT molecular complexity index is 132. The Labute approximate surface area is 43.3 Å². The summed E-state index contributed by atoms with van der Waals surface area (Å²) in [5, 5.41) is 5.25. The Morgan fingerprint density at radius 2 is 2.57 bits per heavy atom. The summed E-state index contributed by atoms with van der Waals surface area (Å²) in [6.07, 6.45) is 1.58. The van der Waals surface area contributed by atoms with Crippen LogP contribution in [0.3, 0.4) is 0 Å². The Morgan fingerprint density at radius 1 is 1.71 bits per heavy atom. The van der Waals surface area contributed by atoms with Gasteiger partial charge in [-0.15, -0.1) is 5.11 Å². The van der Waals surface area contributed by atoms with Gasteiger partial charge < -0.3 is 0 Å². The van der Waals surface area contributed by atoms with Gasteiger partial charge in [0.1, 0.15) is 0 Å². The van der Waals surface area contributed by atoms with Crippen LogP contribution in [0.2, 0.25) is 0 Å². The van der Waals surface area contributed by atoms with E-state index in [-0.39, 0.29) is 0 Å². The lowest BCUT2D eigenvalue weighted by atomic mass is 11.1. The highest BCUT2D eigenvalue weighted by Crippen LogP contribution is 1.99. The zero-order chi connectivity index (χ0) is 5.11. The molecule has 4 nitrogen and oxygen atoms in total. The average Bonchev–Trinajstić information content (AvgIpc) is 2.14. The summed E-state index contributed by atoms with van der Waals surface area (Å²) in [5.74, 6) is 4.87. The Hall–Kier alpha value is -0.550. The lowest BCUT2D eigenvalue weighted by Crippen LogP contribution is -1.80. The first kappa shape index (κ1) is 4.61. The third-order valence-electron chi connectivity index (χ3n) is 0.488. The molecular weight excluding hydrogens is 112 g/mol. The van der Waals surface area contributed by atoms with E-state index in [1.807, 2.05) is 0 Å². The zero-order valence-electron chi connectivity index (χ0n) is 3.48. The first-order valence-electron chi connectivity index (χ1n) is 1.65. The molecule has 0 amide bonds. The minimum Gasteiger partial charge on any atom is -0.219 e. The molecule has 0 fully saturated rings. The second-order valence-corrected chi connectivity index (χ2v) is 2.11. The smallest absolute Gasteiger partial charge is 0.0819 e. The molecular formula is C2H4N4S. The molecule has 38 valence electrons. The normalized spacial score (nSPS) is 27.3. The monoisotopic (exact) mass is 116 g/mol. The summed E-state index contributed by atoms with van der Waals surface area (Å²) in [6, 6.07) is 0. The highest BCUT2D eigenvalue weighted by molar-refractivity contribution is 7.88. The second kappa shape index (κ2) is 1.94. The number of hydrogen-bond donors (Lipinski definition) is 1. The molecule has 0 aromatic rings.